The Bertz CT molecular complexity index is 656. The van der Waals surface area contributed by atoms with Gasteiger partial charge in [-0.25, -0.2) is 4.79 Å². The van der Waals surface area contributed by atoms with Crippen molar-refractivity contribution < 1.29 is 14.3 Å². The summed E-state index contributed by atoms with van der Waals surface area (Å²) in [7, 11) is 1.33. The number of aromatic nitrogens is 1. The summed E-state index contributed by atoms with van der Waals surface area (Å²) >= 11 is 1.62. The van der Waals surface area contributed by atoms with E-state index in [4.69, 9.17) is 4.74 Å². The Morgan fingerprint density at radius 2 is 2.00 bits per heavy atom. The SMILES string of the molecule is COC(=O)[C@H](CCSC)NC(=O)c1cccc(-n2cccc2)c1. The van der Waals surface area contributed by atoms with Crippen LogP contribution in [0.3, 0.4) is 0 Å². The zero-order valence-electron chi connectivity index (χ0n) is 13.2. The molecule has 0 aliphatic rings. The molecule has 1 atom stereocenters. The number of esters is 1. The van der Waals surface area contributed by atoms with E-state index in [1.807, 2.05) is 47.5 Å². The van der Waals surface area contributed by atoms with Crippen molar-refractivity contribution in [3.05, 3.63) is 54.4 Å². The van der Waals surface area contributed by atoms with E-state index in [2.05, 4.69) is 5.32 Å². The fourth-order valence-corrected chi connectivity index (χ4v) is 2.65. The fraction of sp³-hybridized carbons (Fsp3) is 0.294. The van der Waals surface area contributed by atoms with Gasteiger partial charge in [-0.15, -0.1) is 0 Å². The number of hydrogen-bond acceptors (Lipinski definition) is 4. The largest absolute Gasteiger partial charge is 0.467 e. The molecule has 5 nitrogen and oxygen atoms in total. The van der Waals surface area contributed by atoms with Gasteiger partial charge in [0.15, 0.2) is 0 Å². The molecule has 1 aromatic heterocycles. The van der Waals surface area contributed by atoms with Crippen LogP contribution in [0.5, 0.6) is 0 Å². The zero-order valence-corrected chi connectivity index (χ0v) is 14.0. The summed E-state index contributed by atoms with van der Waals surface area (Å²) in [6.07, 6.45) is 6.31. The quantitative estimate of drug-likeness (QED) is 0.792. The first-order chi connectivity index (χ1) is 11.2. The van der Waals surface area contributed by atoms with Gasteiger partial charge in [-0.05, 0) is 48.8 Å². The predicted octanol–water partition coefficient (Wildman–Crippen LogP) is 2.50. The number of carbonyl (C=O) groups is 2. The standard InChI is InChI=1S/C17H20N2O3S/c1-22-17(21)15(8-11-23-2)18-16(20)13-6-5-7-14(12-13)19-9-3-4-10-19/h3-7,9-10,12,15H,8,11H2,1-2H3,(H,18,20)/t15-/m0/s1. The van der Waals surface area contributed by atoms with Gasteiger partial charge in [0.1, 0.15) is 6.04 Å². The van der Waals surface area contributed by atoms with Gasteiger partial charge in [0.25, 0.3) is 5.91 Å². The van der Waals surface area contributed by atoms with Crippen molar-refractivity contribution in [2.45, 2.75) is 12.5 Å². The van der Waals surface area contributed by atoms with Crippen LogP contribution in [0.15, 0.2) is 48.8 Å². The number of nitrogens with one attached hydrogen (secondary N) is 1. The average molecular weight is 332 g/mol. The van der Waals surface area contributed by atoms with Crippen molar-refractivity contribution in [1.29, 1.82) is 0 Å². The second kappa shape index (κ2) is 8.43. The molecular formula is C17H20N2O3S. The van der Waals surface area contributed by atoms with E-state index in [0.717, 1.165) is 11.4 Å². The van der Waals surface area contributed by atoms with Crippen molar-refractivity contribution >= 4 is 23.6 Å². The molecule has 1 N–H and O–H groups in total. The summed E-state index contributed by atoms with van der Waals surface area (Å²) in [5, 5.41) is 2.76. The Morgan fingerprint density at radius 1 is 1.26 bits per heavy atom. The van der Waals surface area contributed by atoms with Gasteiger partial charge in [0.05, 0.1) is 7.11 Å². The van der Waals surface area contributed by atoms with Gasteiger partial charge in [-0.2, -0.15) is 11.8 Å². The summed E-state index contributed by atoms with van der Waals surface area (Å²) in [6.45, 7) is 0. The first-order valence-electron chi connectivity index (χ1n) is 7.26. The summed E-state index contributed by atoms with van der Waals surface area (Å²) < 4.78 is 6.68. The van der Waals surface area contributed by atoms with Crippen LogP contribution >= 0.6 is 11.8 Å². The summed E-state index contributed by atoms with van der Waals surface area (Å²) in [5.41, 5.74) is 1.40. The highest BCUT2D eigenvalue weighted by Crippen LogP contribution is 2.12. The van der Waals surface area contributed by atoms with Crippen LogP contribution in [0.4, 0.5) is 0 Å². The number of benzene rings is 1. The lowest BCUT2D eigenvalue weighted by molar-refractivity contribution is -0.142. The number of nitrogens with zero attached hydrogens (tertiary/aromatic N) is 1. The van der Waals surface area contributed by atoms with E-state index < -0.39 is 12.0 Å². The molecule has 0 fully saturated rings. The van der Waals surface area contributed by atoms with Crippen LogP contribution in [0.2, 0.25) is 0 Å². The van der Waals surface area contributed by atoms with Crippen LogP contribution in [-0.4, -0.2) is 41.6 Å². The Kier molecular flexibility index (Phi) is 6.29. The molecule has 0 bridgehead atoms. The normalized spacial score (nSPS) is 11.7. The Hall–Kier alpha value is -2.21. The van der Waals surface area contributed by atoms with Gasteiger partial charge in [0.2, 0.25) is 0 Å². The minimum atomic E-state index is -0.629. The number of ether oxygens (including phenoxy) is 1. The molecule has 0 saturated heterocycles. The molecule has 6 heteroatoms. The lowest BCUT2D eigenvalue weighted by Crippen LogP contribution is -2.41. The maximum Gasteiger partial charge on any atom is 0.328 e. The molecule has 2 rings (SSSR count). The number of thioether (sulfide) groups is 1. The zero-order chi connectivity index (χ0) is 16.7. The number of amides is 1. The highest BCUT2D eigenvalue weighted by atomic mass is 32.2. The smallest absolute Gasteiger partial charge is 0.328 e. The minimum Gasteiger partial charge on any atom is -0.467 e. The highest BCUT2D eigenvalue weighted by molar-refractivity contribution is 7.98. The Balaban J connectivity index is 2.12. The predicted molar refractivity (Wildman–Crippen MR) is 92.0 cm³/mol. The van der Waals surface area contributed by atoms with Crippen LogP contribution in [0.25, 0.3) is 5.69 Å². The fourth-order valence-electron chi connectivity index (χ4n) is 2.18. The van der Waals surface area contributed by atoms with Gasteiger partial charge in [0, 0.05) is 23.6 Å². The monoisotopic (exact) mass is 332 g/mol. The van der Waals surface area contributed by atoms with E-state index in [1.54, 1.807) is 23.9 Å². The third-order valence-corrected chi connectivity index (χ3v) is 4.06. The summed E-state index contributed by atoms with van der Waals surface area (Å²) in [6, 6.07) is 10.5. The van der Waals surface area contributed by atoms with E-state index in [0.29, 0.717) is 12.0 Å². The van der Waals surface area contributed by atoms with Crippen molar-refractivity contribution in [1.82, 2.24) is 9.88 Å². The Morgan fingerprint density at radius 3 is 2.65 bits per heavy atom. The molecular weight excluding hydrogens is 312 g/mol. The molecule has 2 aromatic rings. The topological polar surface area (TPSA) is 60.3 Å². The minimum absolute atomic E-state index is 0.282. The first kappa shape index (κ1) is 17.1. The first-order valence-corrected chi connectivity index (χ1v) is 8.66. The molecule has 0 radical (unpaired) electrons. The maximum absolute atomic E-state index is 12.4. The second-order valence-corrected chi connectivity index (χ2v) is 5.96. The molecule has 1 heterocycles. The van der Waals surface area contributed by atoms with Crippen molar-refractivity contribution in [2.24, 2.45) is 0 Å². The molecule has 0 aliphatic carbocycles. The van der Waals surface area contributed by atoms with Crippen LogP contribution in [-0.2, 0) is 9.53 Å². The van der Waals surface area contributed by atoms with E-state index >= 15 is 0 Å². The number of rotatable bonds is 7. The van der Waals surface area contributed by atoms with Crippen molar-refractivity contribution in [2.75, 3.05) is 19.1 Å². The summed E-state index contributed by atoms with van der Waals surface area (Å²) in [4.78, 5) is 24.2. The van der Waals surface area contributed by atoms with Crippen LogP contribution in [0, 0.1) is 0 Å². The molecule has 0 aliphatic heterocycles. The third kappa shape index (κ3) is 4.63. The summed E-state index contributed by atoms with van der Waals surface area (Å²) in [5.74, 6) is 0.0631. The van der Waals surface area contributed by atoms with Crippen molar-refractivity contribution in [3.63, 3.8) is 0 Å². The molecule has 0 saturated carbocycles. The van der Waals surface area contributed by atoms with Gasteiger partial charge >= 0.3 is 5.97 Å². The van der Waals surface area contributed by atoms with Crippen LogP contribution in [0.1, 0.15) is 16.8 Å². The molecule has 1 amide bonds. The number of hydrogen-bond donors (Lipinski definition) is 1. The van der Waals surface area contributed by atoms with Gasteiger partial charge in [-0.1, -0.05) is 6.07 Å². The molecule has 122 valence electrons. The molecule has 1 aromatic carbocycles. The highest BCUT2D eigenvalue weighted by Gasteiger charge is 2.21. The van der Waals surface area contributed by atoms with E-state index in [9.17, 15) is 9.59 Å². The van der Waals surface area contributed by atoms with Crippen LogP contribution < -0.4 is 5.32 Å². The van der Waals surface area contributed by atoms with Gasteiger partial charge < -0.3 is 14.6 Å². The number of methoxy groups -OCH3 is 1. The molecule has 23 heavy (non-hydrogen) atoms. The molecule has 0 spiro atoms. The lowest BCUT2D eigenvalue weighted by atomic mass is 10.1. The Labute approximate surface area is 140 Å². The van der Waals surface area contributed by atoms with E-state index in [1.165, 1.54) is 7.11 Å². The third-order valence-electron chi connectivity index (χ3n) is 3.41. The van der Waals surface area contributed by atoms with E-state index in [-0.39, 0.29) is 5.91 Å². The van der Waals surface area contributed by atoms with Crippen molar-refractivity contribution in [3.8, 4) is 5.69 Å². The lowest BCUT2D eigenvalue weighted by Gasteiger charge is -2.16. The maximum atomic E-state index is 12.4. The number of carbonyl (C=O) groups excluding carboxylic acids is 2. The van der Waals surface area contributed by atoms with Gasteiger partial charge in [-0.3, -0.25) is 4.79 Å². The molecule has 0 unspecified atom stereocenters. The second-order valence-electron chi connectivity index (χ2n) is 4.97. The average Bonchev–Trinajstić information content (AvgIpc) is 3.12.